The lowest BCUT2D eigenvalue weighted by Crippen LogP contribution is -2.22. The largest absolute Gasteiger partial charge is 0.491 e. The predicted molar refractivity (Wildman–Crippen MR) is 88.5 cm³/mol. The third-order valence-corrected chi connectivity index (χ3v) is 3.71. The minimum absolute atomic E-state index is 0.255. The maximum absolute atomic E-state index is 13.4. The molecule has 0 aliphatic carbocycles. The Bertz CT molecular complexity index is 752. The highest BCUT2D eigenvalue weighted by atomic mass is 32.1. The van der Waals surface area contributed by atoms with Crippen molar-refractivity contribution in [3.63, 3.8) is 0 Å². The summed E-state index contributed by atoms with van der Waals surface area (Å²) in [6, 6.07) is 9.58. The second-order valence-electron chi connectivity index (χ2n) is 4.42. The van der Waals surface area contributed by atoms with E-state index in [0.29, 0.717) is 12.4 Å². The summed E-state index contributed by atoms with van der Waals surface area (Å²) < 4.78 is 19.0. The summed E-state index contributed by atoms with van der Waals surface area (Å²) in [7, 11) is 0. The Morgan fingerprint density at radius 1 is 1.48 bits per heavy atom. The quantitative estimate of drug-likeness (QED) is 0.412. The Labute approximate surface area is 136 Å². The standard InChI is InChI=1S/C15H14FN5OS/c16-10-3-4-14(22-6-5-11-2-1-7-23-11)12(8-10)20-21-13(9-17)15(18)19/h1-4,7-8,20H,5-6H2,(H3,18,19)/b21-13+. The van der Waals surface area contributed by atoms with Gasteiger partial charge in [-0.3, -0.25) is 10.8 Å². The summed E-state index contributed by atoms with van der Waals surface area (Å²) in [6.45, 7) is 0.419. The van der Waals surface area contributed by atoms with Crippen LogP contribution >= 0.6 is 11.3 Å². The van der Waals surface area contributed by atoms with Gasteiger partial charge in [0.25, 0.3) is 0 Å². The molecule has 0 aliphatic rings. The number of hydrogen-bond acceptors (Lipinski definition) is 6. The topological polar surface area (TPSA) is 107 Å². The molecule has 0 amide bonds. The number of amidine groups is 1. The number of halogens is 1. The molecule has 4 N–H and O–H groups in total. The molecule has 1 aromatic carbocycles. The summed E-state index contributed by atoms with van der Waals surface area (Å²) in [4.78, 5) is 1.18. The summed E-state index contributed by atoms with van der Waals surface area (Å²) in [5.74, 6) is -0.557. The zero-order valence-electron chi connectivity index (χ0n) is 12.0. The molecule has 0 atom stereocenters. The van der Waals surface area contributed by atoms with E-state index in [1.54, 1.807) is 17.4 Å². The Kier molecular flexibility index (Phi) is 5.66. The third-order valence-electron chi connectivity index (χ3n) is 2.78. The molecule has 8 heteroatoms. The number of nitriles is 1. The Balaban J connectivity index is 2.07. The minimum atomic E-state index is -0.477. The number of benzene rings is 1. The van der Waals surface area contributed by atoms with Crippen molar-refractivity contribution in [2.24, 2.45) is 10.8 Å². The average molecular weight is 331 g/mol. The molecule has 118 valence electrons. The van der Waals surface area contributed by atoms with E-state index in [1.807, 2.05) is 17.5 Å². The van der Waals surface area contributed by atoms with E-state index in [2.05, 4.69) is 10.5 Å². The Morgan fingerprint density at radius 2 is 2.30 bits per heavy atom. The first-order valence-electron chi connectivity index (χ1n) is 6.63. The summed E-state index contributed by atoms with van der Waals surface area (Å²) in [5, 5.41) is 21.7. The van der Waals surface area contributed by atoms with E-state index in [0.717, 1.165) is 6.42 Å². The highest BCUT2D eigenvalue weighted by Gasteiger charge is 2.07. The molecular weight excluding hydrogens is 317 g/mol. The third kappa shape index (κ3) is 4.79. The Hall–Kier alpha value is -2.92. The van der Waals surface area contributed by atoms with Crippen LogP contribution < -0.4 is 15.9 Å². The lowest BCUT2D eigenvalue weighted by atomic mass is 10.3. The number of thiophene rings is 1. The number of hydrazone groups is 1. The molecule has 0 aliphatic heterocycles. The molecule has 0 bridgehead atoms. The molecule has 0 saturated carbocycles. The van der Waals surface area contributed by atoms with Crippen molar-refractivity contribution in [3.8, 4) is 11.8 Å². The molecule has 6 nitrogen and oxygen atoms in total. The lowest BCUT2D eigenvalue weighted by Gasteiger charge is -2.11. The van der Waals surface area contributed by atoms with Gasteiger partial charge in [-0.05, 0) is 23.6 Å². The van der Waals surface area contributed by atoms with Crippen LogP contribution in [0, 0.1) is 22.6 Å². The van der Waals surface area contributed by atoms with E-state index in [1.165, 1.54) is 23.1 Å². The van der Waals surface area contributed by atoms with Gasteiger partial charge in [0.05, 0.1) is 6.61 Å². The fourth-order valence-electron chi connectivity index (χ4n) is 1.69. The van der Waals surface area contributed by atoms with Gasteiger partial charge in [0.1, 0.15) is 23.3 Å². The first kappa shape index (κ1) is 16.5. The van der Waals surface area contributed by atoms with Gasteiger partial charge in [-0.1, -0.05) is 6.07 Å². The molecule has 0 spiro atoms. The van der Waals surface area contributed by atoms with Gasteiger partial charge in [0.15, 0.2) is 5.84 Å². The fourth-order valence-corrected chi connectivity index (χ4v) is 2.38. The fraction of sp³-hybridized carbons (Fsp3) is 0.133. The molecule has 2 aromatic rings. The van der Waals surface area contributed by atoms with E-state index >= 15 is 0 Å². The summed E-state index contributed by atoms with van der Waals surface area (Å²) in [5.41, 5.74) is 7.67. The van der Waals surface area contributed by atoms with Crippen LogP contribution in [0.5, 0.6) is 5.75 Å². The number of ether oxygens (including phenoxy) is 1. The SMILES string of the molecule is N#C/C(=N\Nc1cc(F)ccc1OCCc1cccs1)C(=N)N. The van der Waals surface area contributed by atoms with Gasteiger partial charge >= 0.3 is 0 Å². The van der Waals surface area contributed by atoms with Crippen LogP contribution in [0.2, 0.25) is 0 Å². The van der Waals surface area contributed by atoms with E-state index in [9.17, 15) is 4.39 Å². The molecule has 23 heavy (non-hydrogen) atoms. The second-order valence-corrected chi connectivity index (χ2v) is 5.45. The first-order chi connectivity index (χ1) is 11.1. The van der Waals surface area contributed by atoms with E-state index in [4.69, 9.17) is 21.1 Å². The molecule has 1 heterocycles. The van der Waals surface area contributed by atoms with Gasteiger partial charge in [-0.2, -0.15) is 10.4 Å². The second kappa shape index (κ2) is 7.91. The van der Waals surface area contributed by atoms with Gasteiger partial charge < -0.3 is 10.5 Å². The van der Waals surface area contributed by atoms with Gasteiger partial charge in [-0.25, -0.2) is 4.39 Å². The first-order valence-corrected chi connectivity index (χ1v) is 7.51. The molecule has 0 unspecified atom stereocenters. The molecule has 0 saturated heterocycles. The maximum atomic E-state index is 13.4. The van der Waals surface area contributed by atoms with Crippen LogP contribution in [-0.2, 0) is 6.42 Å². The maximum Gasteiger partial charge on any atom is 0.201 e. The van der Waals surface area contributed by atoms with Gasteiger partial charge in [-0.15, -0.1) is 11.3 Å². The van der Waals surface area contributed by atoms with Crippen molar-refractivity contribution in [1.82, 2.24) is 0 Å². The minimum Gasteiger partial charge on any atom is -0.491 e. The Morgan fingerprint density at radius 3 is 2.96 bits per heavy atom. The average Bonchev–Trinajstić information content (AvgIpc) is 3.03. The number of hydrogen-bond donors (Lipinski definition) is 3. The monoisotopic (exact) mass is 331 g/mol. The number of nitrogens with zero attached hydrogens (tertiary/aromatic N) is 2. The highest BCUT2D eigenvalue weighted by molar-refractivity contribution is 7.09. The number of nitrogens with two attached hydrogens (primary N) is 1. The van der Waals surface area contributed by atoms with Crippen LogP contribution in [0.15, 0.2) is 40.8 Å². The van der Waals surface area contributed by atoms with Crippen molar-refractivity contribution >= 4 is 28.6 Å². The van der Waals surface area contributed by atoms with Crippen molar-refractivity contribution in [2.45, 2.75) is 6.42 Å². The molecular formula is C15H14FN5OS. The number of nitrogens with one attached hydrogen (secondary N) is 2. The van der Waals surface area contributed by atoms with E-state index in [-0.39, 0.29) is 11.4 Å². The molecule has 1 aromatic heterocycles. The van der Waals surface area contributed by atoms with E-state index < -0.39 is 11.7 Å². The van der Waals surface area contributed by atoms with Crippen LogP contribution in [0.1, 0.15) is 4.88 Å². The number of anilines is 1. The number of rotatable bonds is 7. The van der Waals surface area contributed by atoms with Crippen LogP contribution in [-0.4, -0.2) is 18.2 Å². The molecule has 0 fully saturated rings. The predicted octanol–water partition coefficient (Wildman–Crippen LogP) is 2.74. The summed E-state index contributed by atoms with van der Waals surface area (Å²) in [6.07, 6.45) is 0.731. The zero-order chi connectivity index (χ0) is 16.7. The van der Waals surface area contributed by atoms with Crippen molar-refractivity contribution < 1.29 is 9.13 Å². The molecule has 0 radical (unpaired) electrons. The summed E-state index contributed by atoms with van der Waals surface area (Å²) >= 11 is 1.63. The van der Waals surface area contributed by atoms with Crippen molar-refractivity contribution in [3.05, 3.63) is 46.4 Å². The van der Waals surface area contributed by atoms with Crippen LogP contribution in [0.4, 0.5) is 10.1 Å². The van der Waals surface area contributed by atoms with Gasteiger partial charge in [0.2, 0.25) is 5.71 Å². The lowest BCUT2D eigenvalue weighted by molar-refractivity contribution is 0.324. The van der Waals surface area contributed by atoms with Crippen LogP contribution in [0.25, 0.3) is 0 Å². The zero-order valence-corrected chi connectivity index (χ0v) is 12.9. The van der Waals surface area contributed by atoms with Crippen LogP contribution in [0.3, 0.4) is 0 Å². The van der Waals surface area contributed by atoms with Crippen molar-refractivity contribution in [2.75, 3.05) is 12.0 Å². The normalized spacial score (nSPS) is 10.9. The highest BCUT2D eigenvalue weighted by Crippen LogP contribution is 2.25. The van der Waals surface area contributed by atoms with Crippen molar-refractivity contribution in [1.29, 1.82) is 10.7 Å². The molecule has 2 rings (SSSR count). The van der Waals surface area contributed by atoms with Gasteiger partial charge in [0, 0.05) is 17.4 Å². The smallest absolute Gasteiger partial charge is 0.201 e.